The first-order valence-electron chi connectivity index (χ1n) is 7.12. The first kappa shape index (κ1) is 14.3. The third-order valence-corrected chi connectivity index (χ3v) is 4.56. The van der Waals surface area contributed by atoms with E-state index >= 15 is 0 Å². The quantitative estimate of drug-likeness (QED) is 0.826. The molecule has 0 unspecified atom stereocenters. The fourth-order valence-corrected chi connectivity index (χ4v) is 3.38. The Hall–Kier alpha value is -1.66. The van der Waals surface area contributed by atoms with E-state index in [1.54, 1.807) is 0 Å². The smallest absolute Gasteiger partial charge is 0.253 e. The summed E-state index contributed by atoms with van der Waals surface area (Å²) >= 11 is 0. The number of hydrogen-bond donors (Lipinski definition) is 2. The van der Waals surface area contributed by atoms with E-state index in [0.717, 1.165) is 49.6 Å². The van der Waals surface area contributed by atoms with Crippen molar-refractivity contribution in [2.45, 2.75) is 6.42 Å². The Morgan fingerprint density at radius 3 is 3.05 bits per heavy atom. The third-order valence-electron chi connectivity index (χ3n) is 4.56. The summed E-state index contributed by atoms with van der Waals surface area (Å²) in [5.74, 6) is 1.47. The Morgan fingerprint density at radius 2 is 2.14 bits per heavy atom. The molecule has 2 atom stereocenters. The van der Waals surface area contributed by atoms with E-state index in [-0.39, 0.29) is 18.3 Å². The first-order valence-corrected chi connectivity index (χ1v) is 7.12. The predicted molar refractivity (Wildman–Crippen MR) is 81.5 cm³/mol. The summed E-state index contributed by atoms with van der Waals surface area (Å²) in [4.78, 5) is 14.6. The van der Waals surface area contributed by atoms with Gasteiger partial charge in [0.05, 0.1) is 5.52 Å². The third kappa shape index (κ3) is 2.49. The molecule has 0 bridgehead atoms. The molecule has 2 fully saturated rings. The van der Waals surface area contributed by atoms with Crippen LogP contribution < -0.4 is 5.32 Å². The highest BCUT2D eigenvalue weighted by molar-refractivity contribution is 5.97. The molecular weight excluding hydrogens is 290 g/mol. The Balaban J connectivity index is 0.00000132. The van der Waals surface area contributed by atoms with E-state index in [1.807, 2.05) is 23.1 Å². The molecule has 0 spiro atoms. The fraction of sp³-hybridized carbons (Fsp3) is 0.500. The van der Waals surface area contributed by atoms with E-state index in [1.165, 1.54) is 0 Å². The number of nitrogens with one attached hydrogen (secondary N) is 2. The van der Waals surface area contributed by atoms with Gasteiger partial charge in [0.2, 0.25) is 0 Å². The molecule has 7 heteroatoms. The van der Waals surface area contributed by atoms with Gasteiger partial charge in [-0.05, 0) is 49.5 Å². The summed E-state index contributed by atoms with van der Waals surface area (Å²) in [5.41, 5.74) is 2.31. The second kappa shape index (κ2) is 5.61. The number of aromatic nitrogens is 3. The lowest BCUT2D eigenvalue weighted by molar-refractivity contribution is 0.0642. The molecule has 2 N–H and O–H groups in total. The van der Waals surface area contributed by atoms with Crippen LogP contribution in [0.5, 0.6) is 0 Å². The van der Waals surface area contributed by atoms with Gasteiger partial charge in [-0.15, -0.1) is 17.5 Å². The van der Waals surface area contributed by atoms with Gasteiger partial charge in [0.1, 0.15) is 5.52 Å². The van der Waals surface area contributed by atoms with E-state index in [9.17, 15) is 4.79 Å². The number of aromatic amines is 1. The fourth-order valence-electron chi connectivity index (χ4n) is 3.38. The van der Waals surface area contributed by atoms with Gasteiger partial charge in [-0.2, -0.15) is 0 Å². The van der Waals surface area contributed by atoms with Crippen LogP contribution in [0.4, 0.5) is 0 Å². The topological polar surface area (TPSA) is 73.9 Å². The number of amides is 1. The van der Waals surface area contributed by atoms with Gasteiger partial charge in [0.25, 0.3) is 5.91 Å². The monoisotopic (exact) mass is 307 g/mol. The lowest BCUT2D eigenvalue weighted by Crippen LogP contribution is -2.43. The Bertz CT molecular complexity index is 658. The van der Waals surface area contributed by atoms with Crippen molar-refractivity contribution in [3.05, 3.63) is 23.8 Å². The molecular formula is C14H18ClN5O. The van der Waals surface area contributed by atoms with Crippen LogP contribution in [0.15, 0.2) is 18.2 Å². The molecule has 1 amide bonds. The van der Waals surface area contributed by atoms with Crippen LogP contribution in [0.3, 0.4) is 0 Å². The van der Waals surface area contributed by atoms with Crippen molar-refractivity contribution in [3.8, 4) is 0 Å². The van der Waals surface area contributed by atoms with Crippen molar-refractivity contribution in [2.75, 3.05) is 26.2 Å². The first-order chi connectivity index (χ1) is 9.81. The minimum atomic E-state index is 0. The largest absolute Gasteiger partial charge is 0.338 e. The van der Waals surface area contributed by atoms with Gasteiger partial charge in [-0.3, -0.25) is 9.89 Å². The van der Waals surface area contributed by atoms with Gasteiger partial charge in [-0.1, -0.05) is 5.21 Å². The highest BCUT2D eigenvalue weighted by Crippen LogP contribution is 2.27. The number of carbonyl (C=O) groups excluding carboxylic acids is 1. The van der Waals surface area contributed by atoms with Crippen molar-refractivity contribution in [2.24, 2.45) is 11.8 Å². The van der Waals surface area contributed by atoms with Gasteiger partial charge in [0.15, 0.2) is 0 Å². The van der Waals surface area contributed by atoms with Crippen molar-refractivity contribution >= 4 is 29.3 Å². The second-order valence-corrected chi connectivity index (χ2v) is 5.76. The summed E-state index contributed by atoms with van der Waals surface area (Å²) in [5, 5.41) is 13.9. The molecule has 112 valence electrons. The number of likely N-dealkylation sites (tertiary alicyclic amines) is 1. The Labute approximate surface area is 128 Å². The number of nitrogens with zero attached hydrogens (tertiary/aromatic N) is 3. The maximum absolute atomic E-state index is 12.6. The van der Waals surface area contributed by atoms with E-state index in [4.69, 9.17) is 0 Å². The van der Waals surface area contributed by atoms with Crippen LogP contribution >= 0.6 is 12.4 Å². The van der Waals surface area contributed by atoms with Gasteiger partial charge in [-0.25, -0.2) is 0 Å². The molecule has 0 radical (unpaired) electrons. The number of halogens is 1. The summed E-state index contributed by atoms with van der Waals surface area (Å²) in [6.45, 7) is 3.88. The molecule has 3 heterocycles. The number of rotatable bonds is 1. The molecule has 6 nitrogen and oxygen atoms in total. The molecule has 1 aromatic carbocycles. The molecule has 2 aliphatic rings. The van der Waals surface area contributed by atoms with E-state index in [2.05, 4.69) is 20.7 Å². The number of hydrogen-bond acceptors (Lipinski definition) is 4. The minimum Gasteiger partial charge on any atom is -0.338 e. The zero-order chi connectivity index (χ0) is 13.5. The summed E-state index contributed by atoms with van der Waals surface area (Å²) in [6.07, 6.45) is 1.11. The molecule has 21 heavy (non-hydrogen) atoms. The number of carbonyl (C=O) groups is 1. The maximum atomic E-state index is 12.6. The van der Waals surface area contributed by atoms with Crippen LogP contribution in [0, 0.1) is 11.8 Å². The molecule has 4 rings (SSSR count). The highest BCUT2D eigenvalue weighted by Gasteiger charge is 2.34. The van der Waals surface area contributed by atoms with Crippen molar-refractivity contribution < 1.29 is 4.79 Å². The van der Waals surface area contributed by atoms with Gasteiger partial charge < -0.3 is 10.2 Å². The molecule has 2 aromatic rings. The summed E-state index contributed by atoms with van der Waals surface area (Å²) < 4.78 is 0. The molecule has 2 saturated heterocycles. The van der Waals surface area contributed by atoms with Crippen LogP contribution in [-0.4, -0.2) is 52.4 Å². The molecule has 2 aliphatic heterocycles. The Kier molecular flexibility index (Phi) is 3.82. The van der Waals surface area contributed by atoms with Gasteiger partial charge >= 0.3 is 0 Å². The summed E-state index contributed by atoms with van der Waals surface area (Å²) in [6, 6.07) is 5.54. The summed E-state index contributed by atoms with van der Waals surface area (Å²) in [7, 11) is 0. The van der Waals surface area contributed by atoms with Crippen LogP contribution in [-0.2, 0) is 0 Å². The van der Waals surface area contributed by atoms with Crippen molar-refractivity contribution in [1.29, 1.82) is 0 Å². The number of piperidine rings is 1. The van der Waals surface area contributed by atoms with Gasteiger partial charge in [0, 0.05) is 18.7 Å². The Morgan fingerprint density at radius 1 is 1.29 bits per heavy atom. The van der Waals surface area contributed by atoms with Crippen LogP contribution in [0.25, 0.3) is 11.0 Å². The predicted octanol–water partition coefficient (Wildman–Crippen LogP) is 1.06. The number of fused-ring (bicyclic) bond motifs is 2. The van der Waals surface area contributed by atoms with Crippen molar-refractivity contribution in [3.63, 3.8) is 0 Å². The molecule has 1 aromatic heterocycles. The number of benzene rings is 1. The maximum Gasteiger partial charge on any atom is 0.253 e. The zero-order valence-corrected chi connectivity index (χ0v) is 12.4. The minimum absolute atomic E-state index is 0. The highest BCUT2D eigenvalue weighted by atomic mass is 35.5. The number of H-pyrrole nitrogens is 1. The zero-order valence-electron chi connectivity index (χ0n) is 11.6. The lowest BCUT2D eigenvalue weighted by Gasteiger charge is -2.34. The average molecular weight is 308 g/mol. The van der Waals surface area contributed by atoms with E-state index < -0.39 is 0 Å². The van der Waals surface area contributed by atoms with Crippen LogP contribution in [0.2, 0.25) is 0 Å². The lowest BCUT2D eigenvalue weighted by atomic mass is 9.88. The van der Waals surface area contributed by atoms with Crippen LogP contribution in [0.1, 0.15) is 16.8 Å². The molecule has 0 saturated carbocycles. The van der Waals surface area contributed by atoms with E-state index in [0.29, 0.717) is 11.5 Å². The normalized spacial score (nSPS) is 24.7. The molecule has 0 aliphatic carbocycles. The second-order valence-electron chi connectivity index (χ2n) is 5.76. The standard InChI is InChI=1S/C14H17N5O.ClH/c20-14(9-1-2-12-13(5-9)17-18-16-12)19-4-3-10-6-15-7-11(10)8-19;/h1-2,5,10-11,15H,3-4,6-8H2,(H,16,17,18);1H/t10-,11-;/m0./s1. The average Bonchev–Trinajstić information content (AvgIpc) is 3.13. The van der Waals surface area contributed by atoms with Crippen molar-refractivity contribution in [1.82, 2.24) is 25.6 Å². The SMILES string of the molecule is Cl.O=C(c1ccc2[nH]nnc2c1)N1CC[C@H]2CNC[C@H]2C1.